The van der Waals surface area contributed by atoms with E-state index in [1.165, 1.54) is 26.9 Å². The summed E-state index contributed by atoms with van der Waals surface area (Å²) in [6.07, 6.45) is 2.27. The zero-order valence-electron chi connectivity index (χ0n) is 16.2. The first-order chi connectivity index (χ1) is 13.7. The van der Waals surface area contributed by atoms with Gasteiger partial charge in [-0.2, -0.15) is 8.61 Å². The number of piperazine rings is 1. The Morgan fingerprint density at radius 2 is 1.69 bits per heavy atom. The Morgan fingerprint density at radius 3 is 2.24 bits per heavy atom. The van der Waals surface area contributed by atoms with Crippen molar-refractivity contribution < 1.29 is 21.6 Å². The van der Waals surface area contributed by atoms with Gasteiger partial charge in [-0.15, -0.1) is 0 Å². The number of rotatable bonds is 5. The van der Waals surface area contributed by atoms with Crippen LogP contribution in [0.15, 0.2) is 23.2 Å². The van der Waals surface area contributed by atoms with Gasteiger partial charge in [-0.1, -0.05) is 11.6 Å². The van der Waals surface area contributed by atoms with Gasteiger partial charge >= 0.3 is 0 Å². The number of nitrogens with zero attached hydrogens (tertiary/aromatic N) is 4. The summed E-state index contributed by atoms with van der Waals surface area (Å²) in [7, 11) is -7.00. The van der Waals surface area contributed by atoms with E-state index in [-0.39, 0.29) is 40.7 Å². The zero-order valence-corrected chi connectivity index (χ0v) is 18.6. The second-order valence-electron chi connectivity index (χ2n) is 7.10. The van der Waals surface area contributed by atoms with Gasteiger partial charge in [0.05, 0.1) is 5.75 Å². The highest BCUT2D eigenvalue weighted by Crippen LogP contribution is 2.28. The molecule has 0 spiro atoms. The van der Waals surface area contributed by atoms with Gasteiger partial charge in [-0.3, -0.25) is 4.79 Å². The van der Waals surface area contributed by atoms with Gasteiger partial charge in [0.25, 0.3) is 0 Å². The summed E-state index contributed by atoms with van der Waals surface area (Å²) in [5, 5.41) is -0.0643. The first-order valence-corrected chi connectivity index (χ1v) is 13.0. The Hall–Kier alpha value is -1.27. The van der Waals surface area contributed by atoms with Crippen molar-refractivity contribution in [2.45, 2.75) is 24.7 Å². The molecule has 0 radical (unpaired) electrons. The molecule has 0 atom stereocenters. The number of halogens is 1. The molecule has 3 rings (SSSR count). The fourth-order valence-electron chi connectivity index (χ4n) is 3.67. The van der Waals surface area contributed by atoms with E-state index in [1.807, 2.05) is 0 Å². The molecule has 2 fully saturated rings. The number of sulfonamides is 2. The molecule has 2 aliphatic rings. The third-order valence-corrected chi connectivity index (χ3v) is 9.68. The van der Waals surface area contributed by atoms with Crippen molar-refractivity contribution in [2.24, 2.45) is 5.92 Å². The molecule has 9 nitrogen and oxygen atoms in total. The minimum Gasteiger partial charge on any atom is -0.340 e. The minimum atomic E-state index is -3.75. The number of carbonyl (C=O) groups excluding carboxylic acids is 1. The van der Waals surface area contributed by atoms with Crippen molar-refractivity contribution >= 4 is 37.6 Å². The predicted octanol–water partition coefficient (Wildman–Crippen LogP) is 0.630. The lowest BCUT2D eigenvalue weighted by Crippen LogP contribution is -2.53. The van der Waals surface area contributed by atoms with Crippen molar-refractivity contribution in [3.05, 3.63) is 23.5 Å². The summed E-state index contributed by atoms with van der Waals surface area (Å²) in [6, 6.07) is 2.94. The molecule has 2 aliphatic heterocycles. The van der Waals surface area contributed by atoms with Gasteiger partial charge in [-0.25, -0.2) is 21.8 Å². The van der Waals surface area contributed by atoms with E-state index >= 15 is 0 Å². The predicted molar refractivity (Wildman–Crippen MR) is 108 cm³/mol. The Kier molecular flexibility index (Phi) is 6.84. The fraction of sp³-hybridized carbons (Fsp3) is 0.647. The molecule has 0 aromatic carbocycles. The third kappa shape index (κ3) is 4.74. The number of hydrogen-bond acceptors (Lipinski definition) is 6. The van der Waals surface area contributed by atoms with Crippen LogP contribution in [0.1, 0.15) is 19.8 Å². The van der Waals surface area contributed by atoms with Crippen LogP contribution in [0.4, 0.5) is 0 Å². The molecule has 1 amide bonds. The SMILES string of the molecule is CCS(=O)(=O)N1CCN(C(=O)C2CCN(S(=O)(=O)c3cccnc3Cl)CC2)CC1. The maximum absolute atomic E-state index is 12.8. The zero-order chi connectivity index (χ0) is 21.2. The summed E-state index contributed by atoms with van der Waals surface area (Å²) in [5.41, 5.74) is 0. The first kappa shape index (κ1) is 22.4. The largest absolute Gasteiger partial charge is 0.340 e. The number of carbonyl (C=O) groups is 1. The summed E-state index contributed by atoms with van der Waals surface area (Å²) in [5.74, 6) is -0.246. The highest BCUT2D eigenvalue weighted by atomic mass is 35.5. The van der Waals surface area contributed by atoms with E-state index in [0.717, 1.165) is 0 Å². The molecule has 1 aromatic heterocycles. The van der Waals surface area contributed by atoms with Crippen LogP contribution in [0.5, 0.6) is 0 Å². The number of pyridine rings is 1. The van der Waals surface area contributed by atoms with Crippen molar-refractivity contribution in [2.75, 3.05) is 45.0 Å². The third-order valence-electron chi connectivity index (χ3n) is 5.45. The van der Waals surface area contributed by atoms with E-state index in [4.69, 9.17) is 11.6 Å². The Labute approximate surface area is 176 Å². The topological polar surface area (TPSA) is 108 Å². The molecular formula is C17H25ClN4O5S2. The van der Waals surface area contributed by atoms with Crippen LogP contribution >= 0.6 is 11.6 Å². The minimum absolute atomic E-state index is 0.0281. The number of amides is 1. The summed E-state index contributed by atoms with van der Waals surface area (Å²) < 4.78 is 52.2. The Bertz CT molecular complexity index is 954. The molecule has 162 valence electrons. The quantitative estimate of drug-likeness (QED) is 0.591. The monoisotopic (exact) mass is 464 g/mol. The fourth-order valence-corrected chi connectivity index (χ4v) is 6.66. The van der Waals surface area contributed by atoms with Crippen molar-refractivity contribution in [3.63, 3.8) is 0 Å². The van der Waals surface area contributed by atoms with Crippen LogP contribution in [-0.2, 0) is 24.8 Å². The van der Waals surface area contributed by atoms with E-state index in [1.54, 1.807) is 11.8 Å². The lowest BCUT2D eigenvalue weighted by atomic mass is 9.96. The van der Waals surface area contributed by atoms with Crippen LogP contribution < -0.4 is 0 Å². The second kappa shape index (κ2) is 8.84. The molecule has 0 saturated carbocycles. The van der Waals surface area contributed by atoms with Gasteiger partial charge in [0.1, 0.15) is 10.0 Å². The van der Waals surface area contributed by atoms with Gasteiger partial charge in [0, 0.05) is 51.4 Å². The van der Waals surface area contributed by atoms with E-state index in [2.05, 4.69) is 4.98 Å². The van der Waals surface area contributed by atoms with Crippen LogP contribution in [0.3, 0.4) is 0 Å². The van der Waals surface area contributed by atoms with Gasteiger partial charge in [0.2, 0.25) is 26.0 Å². The molecule has 0 aliphatic carbocycles. The van der Waals surface area contributed by atoms with Crippen molar-refractivity contribution in [3.8, 4) is 0 Å². The van der Waals surface area contributed by atoms with Crippen molar-refractivity contribution in [1.82, 2.24) is 18.5 Å². The van der Waals surface area contributed by atoms with Crippen molar-refractivity contribution in [1.29, 1.82) is 0 Å². The average molecular weight is 465 g/mol. The normalized spacial score (nSPS) is 20.7. The molecule has 3 heterocycles. The maximum atomic E-state index is 12.8. The molecule has 0 bridgehead atoms. The summed E-state index contributed by atoms with van der Waals surface area (Å²) >= 11 is 5.94. The van der Waals surface area contributed by atoms with Crippen LogP contribution in [0.2, 0.25) is 5.15 Å². The van der Waals surface area contributed by atoms with Crippen LogP contribution in [0, 0.1) is 5.92 Å². The van der Waals surface area contributed by atoms with Gasteiger partial charge in [-0.05, 0) is 31.9 Å². The van der Waals surface area contributed by atoms with Crippen LogP contribution in [-0.4, -0.2) is 86.3 Å². The lowest BCUT2D eigenvalue weighted by Gasteiger charge is -2.37. The van der Waals surface area contributed by atoms with E-state index in [0.29, 0.717) is 39.0 Å². The highest BCUT2D eigenvalue weighted by Gasteiger charge is 2.36. The first-order valence-electron chi connectivity index (χ1n) is 9.54. The van der Waals surface area contributed by atoms with E-state index < -0.39 is 20.0 Å². The Balaban J connectivity index is 1.57. The number of aromatic nitrogens is 1. The average Bonchev–Trinajstić information content (AvgIpc) is 2.73. The number of hydrogen-bond donors (Lipinski definition) is 0. The molecule has 2 saturated heterocycles. The molecule has 0 N–H and O–H groups in total. The Morgan fingerprint density at radius 1 is 1.07 bits per heavy atom. The molecular weight excluding hydrogens is 440 g/mol. The highest BCUT2D eigenvalue weighted by molar-refractivity contribution is 7.89. The second-order valence-corrected chi connectivity index (χ2v) is 11.6. The van der Waals surface area contributed by atoms with Gasteiger partial charge in [0.15, 0.2) is 0 Å². The summed E-state index contributed by atoms with van der Waals surface area (Å²) in [4.78, 5) is 18.3. The lowest BCUT2D eigenvalue weighted by molar-refractivity contribution is -0.137. The molecule has 12 heteroatoms. The molecule has 1 aromatic rings. The van der Waals surface area contributed by atoms with Gasteiger partial charge < -0.3 is 4.90 Å². The van der Waals surface area contributed by atoms with Crippen LogP contribution in [0.25, 0.3) is 0 Å². The summed E-state index contributed by atoms with van der Waals surface area (Å²) in [6.45, 7) is 3.39. The maximum Gasteiger partial charge on any atom is 0.246 e. The molecule has 0 unspecified atom stereocenters. The molecule has 29 heavy (non-hydrogen) atoms. The smallest absolute Gasteiger partial charge is 0.246 e. The number of piperidine rings is 1. The standard InChI is InChI=1S/C17H25ClN4O5S2/c1-2-28(24,25)21-12-10-20(11-13-21)17(23)14-5-8-22(9-6-14)29(26,27)15-4-3-7-19-16(15)18/h3-4,7,14H,2,5-6,8-13H2,1H3. The van der Waals surface area contributed by atoms with E-state index in [9.17, 15) is 21.6 Å².